The largest absolute Gasteiger partial charge is 0.496 e. The molecule has 0 aliphatic rings. The van der Waals surface area contributed by atoms with Gasteiger partial charge in [-0.05, 0) is 55.8 Å². The van der Waals surface area contributed by atoms with E-state index < -0.39 is 38.7 Å². The van der Waals surface area contributed by atoms with Crippen LogP contribution in [0, 0.1) is 6.92 Å². The minimum absolute atomic E-state index is 0.0821. The molecule has 2 aromatic rings. The van der Waals surface area contributed by atoms with Gasteiger partial charge in [-0.15, -0.1) is 0 Å². The number of ether oxygens (including phenoxy) is 1. The van der Waals surface area contributed by atoms with Crippen LogP contribution >= 0.6 is 11.6 Å². The first-order valence-electron chi connectivity index (χ1n) is 8.19. The van der Waals surface area contributed by atoms with E-state index in [2.05, 4.69) is 10.0 Å². The van der Waals surface area contributed by atoms with Crippen LogP contribution in [0.5, 0.6) is 5.75 Å². The molecule has 29 heavy (non-hydrogen) atoms. The Morgan fingerprint density at radius 1 is 1.17 bits per heavy atom. The third-order valence-corrected chi connectivity index (χ3v) is 5.81. The summed E-state index contributed by atoms with van der Waals surface area (Å²) in [5.74, 6) is -0.341. The summed E-state index contributed by atoms with van der Waals surface area (Å²) in [7, 11) is -2.60. The van der Waals surface area contributed by atoms with Gasteiger partial charge in [0.2, 0.25) is 15.9 Å². The maximum absolute atomic E-state index is 12.9. The molecule has 0 spiro atoms. The molecule has 0 unspecified atom stereocenters. The molecule has 1 atom stereocenters. The van der Waals surface area contributed by atoms with E-state index >= 15 is 0 Å². The molecule has 0 aliphatic heterocycles. The topological polar surface area (TPSA) is 84.5 Å². The number of alkyl halides is 3. The molecule has 1 amide bonds. The number of hydrogen-bond donors (Lipinski definition) is 2. The molecule has 6 nitrogen and oxygen atoms in total. The van der Waals surface area contributed by atoms with Crippen LogP contribution in [-0.4, -0.2) is 27.5 Å². The van der Waals surface area contributed by atoms with Crippen molar-refractivity contribution in [2.45, 2.75) is 31.0 Å². The van der Waals surface area contributed by atoms with E-state index in [1.165, 1.54) is 38.3 Å². The van der Waals surface area contributed by atoms with Crippen LogP contribution in [0.15, 0.2) is 41.3 Å². The van der Waals surface area contributed by atoms with Crippen molar-refractivity contribution in [3.05, 3.63) is 52.5 Å². The van der Waals surface area contributed by atoms with Crippen molar-refractivity contribution < 1.29 is 31.1 Å². The minimum atomic E-state index is -4.70. The van der Waals surface area contributed by atoms with E-state index in [1.54, 1.807) is 6.92 Å². The number of methoxy groups -OCH3 is 1. The predicted octanol–water partition coefficient (Wildman–Crippen LogP) is 3.98. The highest BCUT2D eigenvalue weighted by Gasteiger charge is 2.33. The molecule has 0 bridgehead atoms. The number of anilines is 1. The molecule has 2 rings (SSSR count). The normalized spacial score (nSPS) is 13.1. The summed E-state index contributed by atoms with van der Waals surface area (Å²) < 4.78 is 71.0. The summed E-state index contributed by atoms with van der Waals surface area (Å²) in [4.78, 5) is 12.2. The van der Waals surface area contributed by atoms with Gasteiger partial charge in [-0.3, -0.25) is 4.79 Å². The Kier molecular flexibility index (Phi) is 6.82. The second kappa shape index (κ2) is 8.60. The number of benzene rings is 2. The second-order valence-electron chi connectivity index (χ2n) is 6.16. The fraction of sp³-hybridized carbons (Fsp3) is 0.278. The molecular formula is C18H18ClF3N2O4S. The van der Waals surface area contributed by atoms with E-state index in [0.717, 1.165) is 6.07 Å². The van der Waals surface area contributed by atoms with Gasteiger partial charge in [0.15, 0.2) is 0 Å². The average Bonchev–Trinajstić information content (AvgIpc) is 2.61. The van der Waals surface area contributed by atoms with Gasteiger partial charge < -0.3 is 10.1 Å². The van der Waals surface area contributed by atoms with Crippen LogP contribution in [0.2, 0.25) is 5.02 Å². The van der Waals surface area contributed by atoms with Crippen molar-refractivity contribution in [2.75, 3.05) is 12.4 Å². The first kappa shape index (κ1) is 23.0. The molecule has 11 heteroatoms. The lowest BCUT2D eigenvalue weighted by atomic mass is 10.2. The van der Waals surface area contributed by atoms with Gasteiger partial charge >= 0.3 is 6.18 Å². The zero-order valence-corrected chi connectivity index (χ0v) is 17.2. The van der Waals surface area contributed by atoms with Crippen LogP contribution < -0.4 is 14.8 Å². The zero-order chi connectivity index (χ0) is 22.0. The van der Waals surface area contributed by atoms with Gasteiger partial charge in [-0.1, -0.05) is 11.6 Å². The van der Waals surface area contributed by atoms with E-state index in [4.69, 9.17) is 16.3 Å². The lowest BCUT2D eigenvalue weighted by Crippen LogP contribution is -2.41. The monoisotopic (exact) mass is 450 g/mol. The molecule has 2 aromatic carbocycles. The number of amides is 1. The summed E-state index contributed by atoms with van der Waals surface area (Å²) >= 11 is 5.54. The smallest absolute Gasteiger partial charge is 0.417 e. The summed E-state index contributed by atoms with van der Waals surface area (Å²) in [6, 6.07) is 5.76. The summed E-state index contributed by atoms with van der Waals surface area (Å²) in [5.41, 5.74) is -0.703. The van der Waals surface area contributed by atoms with Gasteiger partial charge in [-0.25, -0.2) is 8.42 Å². The van der Waals surface area contributed by atoms with Crippen LogP contribution in [0.1, 0.15) is 18.1 Å². The number of rotatable bonds is 6. The van der Waals surface area contributed by atoms with Crippen LogP contribution in [-0.2, 0) is 21.0 Å². The van der Waals surface area contributed by atoms with Crippen molar-refractivity contribution in [3.63, 3.8) is 0 Å². The Bertz CT molecular complexity index is 1030. The SMILES string of the molecule is COc1ccc(S(=O)(=O)N[C@@H](C)C(=O)Nc2ccc(Cl)c(C(F)(F)F)c2)cc1C. The quantitative estimate of drug-likeness (QED) is 0.697. The lowest BCUT2D eigenvalue weighted by Gasteiger charge is -2.16. The number of halogens is 4. The highest BCUT2D eigenvalue weighted by atomic mass is 35.5. The standard InChI is InChI=1S/C18H18ClF3N2O4S/c1-10-8-13(5-7-16(10)28-3)29(26,27)24-11(2)17(25)23-12-4-6-15(19)14(9-12)18(20,21)22/h4-9,11,24H,1-3H3,(H,23,25)/t11-/m0/s1. The fourth-order valence-corrected chi connectivity index (χ4v) is 3.96. The number of hydrogen-bond acceptors (Lipinski definition) is 4. The summed E-state index contributed by atoms with van der Waals surface area (Å²) in [5, 5.41) is 1.73. The van der Waals surface area contributed by atoms with Crippen molar-refractivity contribution in [3.8, 4) is 5.75 Å². The van der Waals surface area contributed by atoms with Crippen molar-refractivity contribution in [1.29, 1.82) is 0 Å². The van der Waals surface area contributed by atoms with E-state index in [0.29, 0.717) is 17.4 Å². The third kappa shape index (κ3) is 5.62. The van der Waals surface area contributed by atoms with Crippen molar-refractivity contribution in [1.82, 2.24) is 4.72 Å². The number of sulfonamides is 1. The molecule has 0 aromatic heterocycles. The Morgan fingerprint density at radius 3 is 2.38 bits per heavy atom. The van der Waals surface area contributed by atoms with Gasteiger partial charge in [-0.2, -0.15) is 17.9 Å². The highest BCUT2D eigenvalue weighted by Crippen LogP contribution is 2.36. The number of nitrogens with one attached hydrogen (secondary N) is 2. The van der Waals surface area contributed by atoms with Crippen LogP contribution in [0.3, 0.4) is 0 Å². The van der Waals surface area contributed by atoms with E-state index in [-0.39, 0.29) is 10.6 Å². The first-order chi connectivity index (χ1) is 13.3. The minimum Gasteiger partial charge on any atom is -0.496 e. The number of aryl methyl sites for hydroxylation is 1. The molecule has 2 N–H and O–H groups in total. The summed E-state index contributed by atoms with van der Waals surface area (Å²) in [6.45, 7) is 2.93. The Labute approximate surface area is 171 Å². The molecule has 0 aliphatic carbocycles. The maximum atomic E-state index is 12.9. The van der Waals surface area contributed by atoms with Crippen LogP contribution in [0.4, 0.5) is 18.9 Å². The van der Waals surface area contributed by atoms with Gasteiger partial charge in [0.1, 0.15) is 5.75 Å². The Morgan fingerprint density at radius 2 is 1.83 bits per heavy atom. The zero-order valence-electron chi connectivity index (χ0n) is 15.6. The molecule has 0 heterocycles. The Balaban J connectivity index is 2.16. The Hall–Kier alpha value is -2.30. The number of carbonyl (C=O) groups excluding carboxylic acids is 1. The molecule has 158 valence electrons. The molecule has 0 saturated heterocycles. The fourth-order valence-electron chi connectivity index (χ4n) is 2.44. The molecule has 0 fully saturated rings. The maximum Gasteiger partial charge on any atom is 0.417 e. The number of carbonyl (C=O) groups is 1. The average molecular weight is 451 g/mol. The van der Waals surface area contributed by atoms with Gasteiger partial charge in [0.25, 0.3) is 0 Å². The molecule has 0 saturated carbocycles. The second-order valence-corrected chi connectivity index (χ2v) is 8.28. The van der Waals surface area contributed by atoms with Crippen molar-refractivity contribution in [2.24, 2.45) is 0 Å². The molecule has 0 radical (unpaired) electrons. The third-order valence-electron chi connectivity index (χ3n) is 3.94. The van der Waals surface area contributed by atoms with E-state index in [1.807, 2.05) is 0 Å². The summed E-state index contributed by atoms with van der Waals surface area (Å²) in [6.07, 6.45) is -4.70. The van der Waals surface area contributed by atoms with Crippen molar-refractivity contribution >= 4 is 33.2 Å². The van der Waals surface area contributed by atoms with Crippen LogP contribution in [0.25, 0.3) is 0 Å². The van der Waals surface area contributed by atoms with Gasteiger partial charge in [0.05, 0.1) is 28.6 Å². The molecular weight excluding hydrogens is 433 g/mol. The first-order valence-corrected chi connectivity index (χ1v) is 10.1. The lowest BCUT2D eigenvalue weighted by molar-refractivity contribution is -0.137. The predicted molar refractivity (Wildman–Crippen MR) is 103 cm³/mol. The van der Waals surface area contributed by atoms with Gasteiger partial charge in [0, 0.05) is 5.69 Å². The van der Waals surface area contributed by atoms with E-state index in [9.17, 15) is 26.4 Å². The highest BCUT2D eigenvalue weighted by molar-refractivity contribution is 7.89.